The van der Waals surface area contributed by atoms with Gasteiger partial charge in [-0.25, -0.2) is 0 Å². The van der Waals surface area contributed by atoms with Gasteiger partial charge >= 0.3 is 0 Å². The minimum Gasteiger partial charge on any atom is -0.354 e. The first-order valence-corrected chi connectivity index (χ1v) is 11.5. The summed E-state index contributed by atoms with van der Waals surface area (Å²) >= 11 is 0. The summed E-state index contributed by atoms with van der Waals surface area (Å²) in [6.07, 6.45) is 0. The summed E-state index contributed by atoms with van der Waals surface area (Å²) in [4.78, 5) is 26.3. The second kappa shape index (κ2) is 11.6. The van der Waals surface area contributed by atoms with Gasteiger partial charge in [-0.05, 0) is 22.3 Å². The molecular weight excluding hydrogens is 420 g/mol. The van der Waals surface area contributed by atoms with Crippen molar-refractivity contribution >= 4 is 11.8 Å². The van der Waals surface area contributed by atoms with Crippen molar-refractivity contribution in [2.75, 3.05) is 13.1 Å². The molecule has 0 atom stereocenters. The van der Waals surface area contributed by atoms with Gasteiger partial charge in [-0.15, -0.1) is 0 Å². The molecule has 0 spiro atoms. The molecule has 2 N–H and O–H groups in total. The summed E-state index contributed by atoms with van der Waals surface area (Å²) in [7, 11) is 0. The van der Waals surface area contributed by atoms with E-state index in [0.717, 1.165) is 22.3 Å². The zero-order valence-electron chi connectivity index (χ0n) is 18.9. The summed E-state index contributed by atoms with van der Waals surface area (Å²) in [5.41, 5.74) is 3.74. The zero-order chi connectivity index (χ0) is 23.6. The fourth-order valence-corrected chi connectivity index (χ4v) is 4.15. The van der Waals surface area contributed by atoms with Crippen LogP contribution in [-0.2, 0) is 9.59 Å². The minimum atomic E-state index is -0.403. The standard InChI is InChI=1S/C30H28N2O2/c33-29(27(23-13-5-1-6-14-23)24-15-7-2-8-16-24)31-21-22-32-30(34)28(25-17-9-3-10-18-25)26-19-11-4-12-20-26/h1-20,27-28H,21-22H2,(H,31,33)(H,32,34). The summed E-state index contributed by atoms with van der Waals surface area (Å²) in [6, 6.07) is 38.9. The van der Waals surface area contributed by atoms with Crippen LogP contribution in [0.5, 0.6) is 0 Å². The maximum Gasteiger partial charge on any atom is 0.232 e. The molecule has 0 aliphatic rings. The van der Waals surface area contributed by atoms with Crippen LogP contribution < -0.4 is 10.6 Å². The van der Waals surface area contributed by atoms with Crippen molar-refractivity contribution in [2.24, 2.45) is 0 Å². The van der Waals surface area contributed by atoms with Gasteiger partial charge < -0.3 is 10.6 Å². The van der Waals surface area contributed by atoms with E-state index in [4.69, 9.17) is 0 Å². The number of carbonyl (C=O) groups excluding carboxylic acids is 2. The third-order valence-electron chi connectivity index (χ3n) is 5.78. The van der Waals surface area contributed by atoms with Gasteiger partial charge in [0.1, 0.15) is 0 Å². The summed E-state index contributed by atoms with van der Waals surface area (Å²) in [5.74, 6) is -0.984. The lowest BCUT2D eigenvalue weighted by Gasteiger charge is -2.20. The number of benzene rings is 4. The lowest BCUT2D eigenvalue weighted by molar-refractivity contribution is -0.123. The lowest BCUT2D eigenvalue weighted by Crippen LogP contribution is -2.39. The maximum absolute atomic E-state index is 13.1. The third kappa shape index (κ3) is 5.78. The molecule has 170 valence electrons. The molecule has 4 nitrogen and oxygen atoms in total. The highest BCUT2D eigenvalue weighted by atomic mass is 16.2. The van der Waals surface area contributed by atoms with Crippen molar-refractivity contribution < 1.29 is 9.59 Å². The molecule has 4 aromatic rings. The molecule has 0 heterocycles. The largest absolute Gasteiger partial charge is 0.354 e. The average molecular weight is 449 g/mol. The van der Waals surface area contributed by atoms with Crippen LogP contribution in [0.3, 0.4) is 0 Å². The number of nitrogens with one attached hydrogen (secondary N) is 2. The van der Waals surface area contributed by atoms with E-state index in [1.165, 1.54) is 0 Å². The Morgan fingerprint density at radius 1 is 0.441 bits per heavy atom. The van der Waals surface area contributed by atoms with Crippen molar-refractivity contribution in [3.63, 3.8) is 0 Å². The van der Waals surface area contributed by atoms with Gasteiger partial charge in [0.15, 0.2) is 0 Å². The predicted molar refractivity (Wildman–Crippen MR) is 135 cm³/mol. The number of carbonyl (C=O) groups is 2. The molecular formula is C30H28N2O2. The van der Waals surface area contributed by atoms with Crippen molar-refractivity contribution in [1.29, 1.82) is 0 Å². The van der Waals surface area contributed by atoms with Crippen molar-refractivity contribution in [2.45, 2.75) is 11.8 Å². The highest BCUT2D eigenvalue weighted by Crippen LogP contribution is 2.25. The Balaban J connectivity index is 1.40. The maximum atomic E-state index is 13.1. The van der Waals surface area contributed by atoms with Crippen LogP contribution in [0.15, 0.2) is 121 Å². The summed E-state index contributed by atoms with van der Waals surface area (Å²) in [6.45, 7) is 0.689. The Labute approximate surface area is 200 Å². The predicted octanol–water partition coefficient (Wildman–Crippen LogP) is 4.88. The lowest BCUT2D eigenvalue weighted by atomic mass is 9.90. The first kappa shape index (κ1) is 23.0. The molecule has 0 aliphatic carbocycles. The smallest absolute Gasteiger partial charge is 0.232 e. The van der Waals surface area contributed by atoms with Gasteiger partial charge in [0.2, 0.25) is 11.8 Å². The number of amides is 2. The summed E-state index contributed by atoms with van der Waals surface area (Å²) < 4.78 is 0. The molecule has 0 aromatic heterocycles. The van der Waals surface area contributed by atoms with E-state index in [2.05, 4.69) is 10.6 Å². The van der Waals surface area contributed by atoms with Crippen LogP contribution in [0.25, 0.3) is 0 Å². The summed E-state index contributed by atoms with van der Waals surface area (Å²) in [5, 5.41) is 6.00. The van der Waals surface area contributed by atoms with Gasteiger partial charge in [-0.3, -0.25) is 9.59 Å². The number of rotatable bonds is 9. The zero-order valence-corrected chi connectivity index (χ0v) is 18.9. The van der Waals surface area contributed by atoms with Crippen LogP contribution in [0.2, 0.25) is 0 Å². The molecule has 0 fully saturated rings. The Hall–Kier alpha value is -4.18. The average Bonchev–Trinajstić information content (AvgIpc) is 2.89. The van der Waals surface area contributed by atoms with Crippen LogP contribution in [0, 0.1) is 0 Å². The molecule has 0 saturated heterocycles. The Morgan fingerprint density at radius 2 is 0.676 bits per heavy atom. The molecule has 0 unspecified atom stereocenters. The van der Waals surface area contributed by atoms with Gasteiger partial charge in [0, 0.05) is 13.1 Å². The van der Waals surface area contributed by atoms with Crippen molar-refractivity contribution in [3.8, 4) is 0 Å². The molecule has 0 saturated carbocycles. The fraction of sp³-hybridized carbons (Fsp3) is 0.133. The molecule has 4 heteroatoms. The van der Waals surface area contributed by atoms with Crippen LogP contribution in [0.4, 0.5) is 0 Å². The van der Waals surface area contributed by atoms with Crippen molar-refractivity contribution in [1.82, 2.24) is 10.6 Å². The highest BCUT2D eigenvalue weighted by molar-refractivity contribution is 5.88. The quantitative estimate of drug-likeness (QED) is 0.359. The van der Waals surface area contributed by atoms with Crippen LogP contribution in [0.1, 0.15) is 34.1 Å². The topological polar surface area (TPSA) is 58.2 Å². The monoisotopic (exact) mass is 448 g/mol. The molecule has 0 bridgehead atoms. The van der Waals surface area contributed by atoms with E-state index in [-0.39, 0.29) is 11.8 Å². The van der Waals surface area contributed by atoms with E-state index in [1.807, 2.05) is 121 Å². The number of hydrogen-bond donors (Lipinski definition) is 2. The number of hydrogen-bond acceptors (Lipinski definition) is 2. The van der Waals surface area contributed by atoms with Gasteiger partial charge in [0.05, 0.1) is 11.8 Å². The van der Waals surface area contributed by atoms with E-state index in [9.17, 15) is 9.59 Å². The van der Waals surface area contributed by atoms with E-state index >= 15 is 0 Å². The first-order chi connectivity index (χ1) is 16.7. The SMILES string of the molecule is O=C(NCCNC(=O)C(c1ccccc1)c1ccccc1)C(c1ccccc1)c1ccccc1. The highest BCUT2D eigenvalue weighted by Gasteiger charge is 2.24. The second-order valence-electron chi connectivity index (χ2n) is 8.09. The van der Waals surface area contributed by atoms with Crippen LogP contribution >= 0.6 is 0 Å². The van der Waals surface area contributed by atoms with Gasteiger partial charge in [0.25, 0.3) is 0 Å². The Morgan fingerprint density at radius 3 is 0.912 bits per heavy atom. The van der Waals surface area contributed by atoms with E-state index in [0.29, 0.717) is 13.1 Å². The Kier molecular flexibility index (Phi) is 7.86. The minimum absolute atomic E-state index is 0.0886. The molecule has 4 aromatic carbocycles. The van der Waals surface area contributed by atoms with E-state index < -0.39 is 11.8 Å². The van der Waals surface area contributed by atoms with Crippen molar-refractivity contribution in [3.05, 3.63) is 144 Å². The molecule has 0 radical (unpaired) electrons. The molecule has 34 heavy (non-hydrogen) atoms. The Bertz CT molecular complexity index is 1000. The van der Waals surface area contributed by atoms with Gasteiger partial charge in [-0.1, -0.05) is 121 Å². The molecule has 0 aliphatic heterocycles. The van der Waals surface area contributed by atoms with Crippen LogP contribution in [-0.4, -0.2) is 24.9 Å². The first-order valence-electron chi connectivity index (χ1n) is 11.5. The second-order valence-corrected chi connectivity index (χ2v) is 8.09. The van der Waals surface area contributed by atoms with Gasteiger partial charge in [-0.2, -0.15) is 0 Å². The third-order valence-corrected chi connectivity index (χ3v) is 5.78. The van der Waals surface area contributed by atoms with E-state index in [1.54, 1.807) is 0 Å². The molecule has 2 amide bonds. The normalized spacial score (nSPS) is 10.8. The fourth-order valence-electron chi connectivity index (χ4n) is 4.15. The molecule has 4 rings (SSSR count).